The lowest BCUT2D eigenvalue weighted by atomic mass is 9.93. The first-order valence-electron chi connectivity index (χ1n) is 20.7. The summed E-state index contributed by atoms with van der Waals surface area (Å²) in [5.74, 6) is -3.28. The lowest BCUT2D eigenvalue weighted by molar-refractivity contribution is -0.674. The van der Waals surface area contributed by atoms with Gasteiger partial charge < -0.3 is 15.3 Å². The molecule has 0 aliphatic rings. The van der Waals surface area contributed by atoms with E-state index >= 15 is 13.2 Å². The number of aromatic nitrogens is 6. The monoisotopic (exact) mass is 861 g/mol. The van der Waals surface area contributed by atoms with Crippen molar-refractivity contribution in [2.45, 2.75) is 58.4 Å². The van der Waals surface area contributed by atoms with Gasteiger partial charge >= 0.3 is 0 Å². The lowest BCUT2D eigenvalue weighted by Crippen LogP contribution is -2.37. The molecule has 9 nitrogen and oxygen atoms in total. The van der Waals surface area contributed by atoms with Crippen LogP contribution in [0.2, 0.25) is 0 Å². The molecular weight excluding hydrogens is 821 g/mol. The average Bonchev–Trinajstić information content (AvgIpc) is 3.27. The Morgan fingerprint density at radius 2 is 1.17 bits per heavy atom. The van der Waals surface area contributed by atoms with Gasteiger partial charge in [-0.25, -0.2) is 17.6 Å². The molecule has 3 N–H and O–H groups in total. The first kappa shape index (κ1) is 41.8. The molecule has 3 aromatic carbocycles. The van der Waals surface area contributed by atoms with Crippen LogP contribution in [0.25, 0.3) is 66.1 Å². The summed E-state index contributed by atoms with van der Waals surface area (Å²) >= 11 is 0. The Hall–Kier alpha value is -7.54. The maximum absolute atomic E-state index is 16.0. The van der Waals surface area contributed by atoms with E-state index in [9.17, 15) is 19.7 Å². The molecule has 0 radical (unpaired) electrons. The van der Waals surface area contributed by atoms with E-state index in [4.69, 9.17) is 4.98 Å². The number of nitrogens with zero attached hydrogens (tertiary/aromatic N) is 6. The topological polar surface area (TPSA) is 129 Å². The third-order valence-corrected chi connectivity index (χ3v) is 11.7. The molecule has 0 aliphatic heterocycles. The van der Waals surface area contributed by atoms with Crippen molar-refractivity contribution in [2.75, 3.05) is 0 Å². The van der Waals surface area contributed by atoms with E-state index in [1.807, 2.05) is 44.5 Å². The molecule has 0 spiro atoms. The SMILES string of the molecule is CC(C)c1ncc(-c2ccc3c(ccc[n+]3CC(C)c3ncc(-c4cnc5c(CC(C)c6ncc(-c7cc(F)c8ncccc8c7F)cc6O)cc(F)cc5c4)cc3O)c2F)cc1O. The molecule has 6 aromatic heterocycles. The number of aromatic hydroxyl groups is 3. The van der Waals surface area contributed by atoms with Crippen molar-refractivity contribution < 1.29 is 37.4 Å². The Kier molecular flexibility index (Phi) is 10.9. The van der Waals surface area contributed by atoms with Crippen molar-refractivity contribution >= 4 is 32.7 Å². The lowest BCUT2D eigenvalue weighted by Gasteiger charge is -2.16. The number of halogens is 4. The number of benzene rings is 3. The van der Waals surface area contributed by atoms with Gasteiger partial charge in [-0.05, 0) is 84.6 Å². The number of fused-ring (bicyclic) bond motifs is 3. The van der Waals surface area contributed by atoms with Crippen molar-refractivity contribution in [2.24, 2.45) is 0 Å². The summed E-state index contributed by atoms with van der Waals surface area (Å²) in [7, 11) is 0. The Morgan fingerprint density at radius 1 is 0.562 bits per heavy atom. The van der Waals surface area contributed by atoms with Crippen LogP contribution in [0.15, 0.2) is 116 Å². The van der Waals surface area contributed by atoms with E-state index in [2.05, 4.69) is 19.9 Å². The summed E-state index contributed by atoms with van der Waals surface area (Å²) in [5.41, 5.74) is 4.98. The van der Waals surface area contributed by atoms with E-state index in [-0.39, 0.29) is 57.5 Å². The normalized spacial score (nSPS) is 12.7. The number of pyridine rings is 6. The minimum atomic E-state index is -0.703. The zero-order valence-electron chi connectivity index (χ0n) is 35.2. The van der Waals surface area contributed by atoms with Crippen molar-refractivity contribution in [1.29, 1.82) is 0 Å². The Bertz CT molecular complexity index is 3310. The maximum atomic E-state index is 16.0. The number of rotatable bonds is 10. The fourth-order valence-corrected chi connectivity index (χ4v) is 8.54. The maximum Gasteiger partial charge on any atom is 0.215 e. The second-order valence-corrected chi connectivity index (χ2v) is 16.5. The summed E-state index contributed by atoms with van der Waals surface area (Å²) in [6.07, 6.45) is 9.65. The van der Waals surface area contributed by atoms with Crippen LogP contribution in [0.5, 0.6) is 17.2 Å². The molecule has 13 heteroatoms. The van der Waals surface area contributed by atoms with Gasteiger partial charge in [-0.1, -0.05) is 27.7 Å². The van der Waals surface area contributed by atoms with Gasteiger partial charge in [-0.3, -0.25) is 24.9 Å². The van der Waals surface area contributed by atoms with Crippen LogP contribution in [-0.4, -0.2) is 40.2 Å². The zero-order valence-corrected chi connectivity index (χ0v) is 35.2. The molecule has 0 fully saturated rings. The first-order chi connectivity index (χ1) is 30.7. The van der Waals surface area contributed by atoms with Gasteiger partial charge in [0.1, 0.15) is 46.0 Å². The third kappa shape index (κ3) is 7.67. The fraction of sp³-hybridized carbons (Fsp3) is 0.176. The Balaban J connectivity index is 0.932. The molecule has 0 saturated carbocycles. The van der Waals surface area contributed by atoms with Gasteiger partial charge in [-0.15, -0.1) is 0 Å². The first-order valence-corrected chi connectivity index (χ1v) is 20.7. The fourth-order valence-electron chi connectivity index (χ4n) is 8.54. The van der Waals surface area contributed by atoms with Gasteiger partial charge in [0.2, 0.25) is 5.52 Å². The predicted molar refractivity (Wildman–Crippen MR) is 237 cm³/mol. The second kappa shape index (κ2) is 16.6. The molecule has 0 amide bonds. The highest BCUT2D eigenvalue weighted by Crippen LogP contribution is 2.37. The van der Waals surface area contributed by atoms with Crippen LogP contribution in [0.1, 0.15) is 68.1 Å². The highest BCUT2D eigenvalue weighted by Gasteiger charge is 2.24. The van der Waals surface area contributed by atoms with Crippen LogP contribution in [0.4, 0.5) is 17.6 Å². The van der Waals surface area contributed by atoms with E-state index in [0.717, 1.165) is 6.07 Å². The average molecular weight is 862 g/mol. The summed E-state index contributed by atoms with van der Waals surface area (Å²) in [4.78, 5) is 22.0. The van der Waals surface area contributed by atoms with E-state index in [0.29, 0.717) is 73.2 Å². The molecule has 0 bridgehead atoms. The summed E-state index contributed by atoms with van der Waals surface area (Å²) < 4.78 is 63.3. The zero-order chi connectivity index (χ0) is 45.0. The Morgan fingerprint density at radius 3 is 1.89 bits per heavy atom. The Labute approximate surface area is 365 Å². The van der Waals surface area contributed by atoms with Gasteiger partial charge in [0.15, 0.2) is 12.7 Å². The molecule has 0 aliphatic carbocycles. The molecule has 64 heavy (non-hydrogen) atoms. The molecule has 9 rings (SSSR count). The van der Waals surface area contributed by atoms with E-state index in [1.165, 1.54) is 48.8 Å². The minimum Gasteiger partial charge on any atom is -0.506 e. The molecule has 2 atom stereocenters. The highest BCUT2D eigenvalue weighted by molar-refractivity contribution is 5.88. The number of hydrogen-bond donors (Lipinski definition) is 3. The molecule has 9 aromatic rings. The third-order valence-electron chi connectivity index (χ3n) is 11.7. The van der Waals surface area contributed by atoms with Gasteiger partial charge in [-0.2, -0.15) is 4.57 Å². The molecule has 320 valence electrons. The second-order valence-electron chi connectivity index (χ2n) is 16.5. The van der Waals surface area contributed by atoms with Crippen molar-refractivity contribution in [3.8, 4) is 50.6 Å². The quantitative estimate of drug-likeness (QED) is 0.0916. The summed E-state index contributed by atoms with van der Waals surface area (Å²) in [5, 5.41) is 33.7. The van der Waals surface area contributed by atoms with Crippen LogP contribution in [-0.2, 0) is 13.0 Å². The largest absolute Gasteiger partial charge is 0.506 e. The van der Waals surface area contributed by atoms with Crippen LogP contribution in [0.3, 0.4) is 0 Å². The van der Waals surface area contributed by atoms with Gasteiger partial charge in [0.25, 0.3) is 0 Å². The van der Waals surface area contributed by atoms with E-state index < -0.39 is 29.2 Å². The summed E-state index contributed by atoms with van der Waals surface area (Å²) in [6, 6.07) is 19.9. The standard InChI is InChI=1S/C51H40F4N6O3/c1-26(2)47-42(62)18-33(23-57-47)36-9-10-41-37(45(36)54)8-6-12-61(41)25-28(4)49-43(63)17-32(22-58-49)31-14-30-16-35(52)15-29(50(30)60-21-31)13-27(3)48-44(64)19-34(24-59-48)39-20-40(53)51-38(46(39)55)7-5-11-56-51/h5-12,14-24,26-28H,13,25H2,1-4H3,(H2-,62,63,64)/p+1. The summed E-state index contributed by atoms with van der Waals surface area (Å²) in [6.45, 7) is 7.95. The predicted octanol–water partition coefficient (Wildman–Crippen LogP) is 11.4. The molecule has 2 unspecified atom stereocenters. The molecule has 6 heterocycles. The van der Waals surface area contributed by atoms with Crippen LogP contribution >= 0.6 is 0 Å². The highest BCUT2D eigenvalue weighted by atomic mass is 19.1. The van der Waals surface area contributed by atoms with Crippen LogP contribution in [0, 0.1) is 23.3 Å². The molecule has 0 saturated heterocycles. The van der Waals surface area contributed by atoms with E-state index in [1.54, 1.807) is 48.9 Å². The van der Waals surface area contributed by atoms with Gasteiger partial charge in [0, 0.05) is 93.2 Å². The van der Waals surface area contributed by atoms with Crippen LogP contribution < -0.4 is 4.57 Å². The van der Waals surface area contributed by atoms with Crippen molar-refractivity contribution in [3.63, 3.8) is 0 Å². The van der Waals surface area contributed by atoms with Gasteiger partial charge in [0.05, 0.1) is 33.9 Å². The molecular formula is C51H41F4N6O3+. The van der Waals surface area contributed by atoms with Crippen molar-refractivity contribution in [1.82, 2.24) is 24.9 Å². The smallest absolute Gasteiger partial charge is 0.215 e. The minimum absolute atomic E-state index is 0.0104. The number of hydrogen-bond acceptors (Lipinski definition) is 8. The van der Waals surface area contributed by atoms with Crippen molar-refractivity contribution in [3.05, 3.63) is 162 Å².